The number of hydrogen-bond acceptors (Lipinski definition) is 4. The molecule has 120 valence electrons. The van der Waals surface area contributed by atoms with E-state index < -0.39 is 0 Å². The van der Waals surface area contributed by atoms with E-state index in [0.717, 1.165) is 33.3 Å². The minimum atomic E-state index is 0.485. The second-order valence-electron chi connectivity index (χ2n) is 5.70. The van der Waals surface area contributed by atoms with Gasteiger partial charge in [-0.05, 0) is 56.3 Å². The molecule has 0 spiro atoms. The summed E-state index contributed by atoms with van der Waals surface area (Å²) in [5.74, 6) is 0.833. The molecule has 0 N–H and O–H groups in total. The lowest BCUT2D eigenvalue weighted by atomic mass is 10.3. The topological polar surface area (TPSA) is 39.9 Å². The molecule has 24 heavy (non-hydrogen) atoms. The lowest BCUT2D eigenvalue weighted by Crippen LogP contribution is -1.99. The van der Waals surface area contributed by atoms with E-state index in [1.807, 2.05) is 54.1 Å². The van der Waals surface area contributed by atoms with Crippen molar-refractivity contribution in [3.8, 4) is 11.4 Å². The molecule has 2 aromatic carbocycles. The number of rotatable bonds is 4. The predicted octanol–water partition coefficient (Wildman–Crippen LogP) is 4.68. The van der Waals surface area contributed by atoms with Crippen molar-refractivity contribution in [3.63, 3.8) is 0 Å². The average Bonchev–Trinajstić information content (AvgIpc) is 3.15. The molecule has 0 saturated heterocycles. The Morgan fingerprint density at radius 1 is 1.04 bits per heavy atom. The van der Waals surface area contributed by atoms with E-state index in [-0.39, 0.29) is 0 Å². The van der Waals surface area contributed by atoms with Crippen LogP contribution in [0.4, 0.5) is 0 Å². The molecule has 0 aliphatic rings. The largest absolute Gasteiger partial charge is 0.486 e. The van der Waals surface area contributed by atoms with Crippen LogP contribution in [-0.4, -0.2) is 14.8 Å². The molecule has 4 aromatic rings. The Kier molecular flexibility index (Phi) is 3.78. The van der Waals surface area contributed by atoms with Crippen molar-refractivity contribution in [2.45, 2.75) is 20.5 Å². The first-order chi connectivity index (χ1) is 11.7. The van der Waals surface area contributed by atoms with Gasteiger partial charge in [-0.15, -0.1) is 11.3 Å². The number of aromatic nitrogens is 3. The van der Waals surface area contributed by atoms with E-state index in [1.54, 1.807) is 11.3 Å². The highest BCUT2D eigenvalue weighted by Crippen LogP contribution is 2.23. The number of para-hydroxylation sites is 1. The SMILES string of the molecule is Cc1cc(C)n(-c2ccc(OCc3nc4ccccc4s3)cc2)n1. The Labute approximate surface area is 144 Å². The summed E-state index contributed by atoms with van der Waals surface area (Å²) in [5.41, 5.74) is 4.20. The van der Waals surface area contributed by atoms with E-state index in [4.69, 9.17) is 4.74 Å². The number of ether oxygens (including phenoxy) is 1. The Balaban J connectivity index is 1.48. The maximum Gasteiger partial charge on any atom is 0.140 e. The summed E-state index contributed by atoms with van der Waals surface area (Å²) in [6.45, 7) is 4.54. The molecule has 0 saturated carbocycles. The number of benzene rings is 2. The van der Waals surface area contributed by atoms with Gasteiger partial charge in [0.15, 0.2) is 0 Å². The second-order valence-corrected chi connectivity index (χ2v) is 6.81. The Morgan fingerprint density at radius 3 is 2.54 bits per heavy atom. The van der Waals surface area contributed by atoms with Crippen LogP contribution >= 0.6 is 11.3 Å². The third-order valence-electron chi connectivity index (χ3n) is 3.79. The fourth-order valence-corrected chi connectivity index (χ4v) is 3.58. The summed E-state index contributed by atoms with van der Waals surface area (Å²) < 4.78 is 8.99. The molecule has 0 radical (unpaired) electrons. The van der Waals surface area contributed by atoms with Crippen LogP contribution in [0.2, 0.25) is 0 Å². The van der Waals surface area contributed by atoms with Crippen LogP contribution < -0.4 is 4.74 Å². The molecule has 5 heteroatoms. The monoisotopic (exact) mass is 335 g/mol. The van der Waals surface area contributed by atoms with Gasteiger partial charge in [-0.2, -0.15) is 5.10 Å². The quantitative estimate of drug-likeness (QED) is 0.544. The van der Waals surface area contributed by atoms with Crippen LogP contribution in [0.25, 0.3) is 15.9 Å². The number of fused-ring (bicyclic) bond motifs is 1. The van der Waals surface area contributed by atoms with Crippen LogP contribution in [0.3, 0.4) is 0 Å². The summed E-state index contributed by atoms with van der Waals surface area (Å²) in [6.07, 6.45) is 0. The molecule has 0 fully saturated rings. The summed E-state index contributed by atoms with van der Waals surface area (Å²) in [4.78, 5) is 4.59. The fourth-order valence-electron chi connectivity index (χ4n) is 2.70. The normalized spacial score (nSPS) is 11.1. The summed E-state index contributed by atoms with van der Waals surface area (Å²) in [6, 6.07) is 18.2. The lowest BCUT2D eigenvalue weighted by Gasteiger charge is -2.07. The van der Waals surface area contributed by atoms with Crippen molar-refractivity contribution < 1.29 is 4.74 Å². The molecule has 0 aliphatic heterocycles. The summed E-state index contributed by atoms with van der Waals surface area (Å²) in [5, 5.41) is 5.48. The van der Waals surface area contributed by atoms with Crippen LogP contribution in [0, 0.1) is 13.8 Å². The predicted molar refractivity (Wildman–Crippen MR) is 97.0 cm³/mol. The number of aryl methyl sites for hydroxylation is 2. The zero-order valence-corrected chi connectivity index (χ0v) is 14.4. The zero-order chi connectivity index (χ0) is 16.5. The minimum Gasteiger partial charge on any atom is -0.486 e. The van der Waals surface area contributed by atoms with Crippen LogP contribution in [0.15, 0.2) is 54.6 Å². The second kappa shape index (κ2) is 6.09. The van der Waals surface area contributed by atoms with Crippen LogP contribution in [0.1, 0.15) is 16.4 Å². The highest BCUT2D eigenvalue weighted by atomic mass is 32.1. The first-order valence-electron chi connectivity index (χ1n) is 7.80. The van der Waals surface area contributed by atoms with Crippen molar-refractivity contribution in [2.24, 2.45) is 0 Å². The van der Waals surface area contributed by atoms with Gasteiger partial charge in [-0.3, -0.25) is 0 Å². The van der Waals surface area contributed by atoms with Gasteiger partial charge in [0.2, 0.25) is 0 Å². The average molecular weight is 335 g/mol. The van der Waals surface area contributed by atoms with E-state index in [0.29, 0.717) is 6.61 Å². The lowest BCUT2D eigenvalue weighted by molar-refractivity contribution is 0.306. The maximum absolute atomic E-state index is 5.87. The molecule has 4 rings (SSSR count). The highest BCUT2D eigenvalue weighted by molar-refractivity contribution is 7.18. The van der Waals surface area contributed by atoms with E-state index in [1.165, 1.54) is 4.70 Å². The molecule has 0 unspecified atom stereocenters. The van der Waals surface area contributed by atoms with Crippen molar-refractivity contribution >= 4 is 21.6 Å². The minimum absolute atomic E-state index is 0.485. The van der Waals surface area contributed by atoms with Crippen molar-refractivity contribution in [2.75, 3.05) is 0 Å². The van der Waals surface area contributed by atoms with Gasteiger partial charge in [0.1, 0.15) is 17.4 Å². The smallest absolute Gasteiger partial charge is 0.140 e. The third kappa shape index (κ3) is 2.90. The summed E-state index contributed by atoms with van der Waals surface area (Å²) in [7, 11) is 0. The van der Waals surface area contributed by atoms with Crippen LogP contribution in [0.5, 0.6) is 5.75 Å². The van der Waals surface area contributed by atoms with Gasteiger partial charge in [0.25, 0.3) is 0 Å². The zero-order valence-electron chi connectivity index (χ0n) is 13.6. The molecule has 0 amide bonds. The highest BCUT2D eigenvalue weighted by Gasteiger charge is 2.06. The van der Waals surface area contributed by atoms with E-state index >= 15 is 0 Å². The third-order valence-corrected chi connectivity index (χ3v) is 4.80. The summed E-state index contributed by atoms with van der Waals surface area (Å²) >= 11 is 1.67. The molecule has 0 aliphatic carbocycles. The fraction of sp³-hybridized carbons (Fsp3) is 0.158. The van der Waals surface area contributed by atoms with Gasteiger partial charge in [-0.25, -0.2) is 9.67 Å². The molecule has 2 heterocycles. The Morgan fingerprint density at radius 2 is 1.83 bits per heavy atom. The van der Waals surface area contributed by atoms with Gasteiger partial charge in [0, 0.05) is 5.69 Å². The molecule has 0 bridgehead atoms. The molecule has 0 atom stereocenters. The number of thiazole rings is 1. The van der Waals surface area contributed by atoms with Crippen molar-refractivity contribution in [1.82, 2.24) is 14.8 Å². The van der Waals surface area contributed by atoms with Crippen molar-refractivity contribution in [3.05, 3.63) is 71.0 Å². The number of hydrogen-bond donors (Lipinski definition) is 0. The standard InChI is InChI=1S/C19H17N3OS/c1-13-11-14(2)22(21-13)15-7-9-16(10-8-15)23-12-19-20-17-5-3-4-6-18(17)24-19/h3-11H,12H2,1-2H3. The van der Waals surface area contributed by atoms with E-state index in [2.05, 4.69) is 29.1 Å². The van der Waals surface area contributed by atoms with Crippen LogP contribution in [-0.2, 0) is 6.61 Å². The first kappa shape index (κ1) is 14.9. The Hall–Kier alpha value is -2.66. The van der Waals surface area contributed by atoms with Gasteiger partial charge < -0.3 is 4.74 Å². The van der Waals surface area contributed by atoms with Gasteiger partial charge in [-0.1, -0.05) is 12.1 Å². The molecule has 4 nitrogen and oxygen atoms in total. The van der Waals surface area contributed by atoms with E-state index in [9.17, 15) is 0 Å². The van der Waals surface area contributed by atoms with Crippen molar-refractivity contribution in [1.29, 1.82) is 0 Å². The molecular formula is C19H17N3OS. The van der Waals surface area contributed by atoms with Gasteiger partial charge >= 0.3 is 0 Å². The Bertz CT molecular complexity index is 952. The first-order valence-corrected chi connectivity index (χ1v) is 8.62. The van der Waals surface area contributed by atoms with Gasteiger partial charge in [0.05, 0.1) is 21.6 Å². The molecular weight excluding hydrogens is 318 g/mol. The molecule has 2 aromatic heterocycles. The maximum atomic E-state index is 5.87. The number of nitrogens with zero attached hydrogens (tertiary/aromatic N) is 3.